The van der Waals surface area contributed by atoms with Crippen molar-refractivity contribution in [2.75, 3.05) is 42.3 Å². The molecule has 4 aromatic rings. The molecule has 3 heterocycles. The summed E-state index contributed by atoms with van der Waals surface area (Å²) in [5, 5.41) is 8.20. The van der Waals surface area contributed by atoms with E-state index in [1.54, 1.807) is 23.9 Å². The highest BCUT2D eigenvalue weighted by Gasteiger charge is 2.18. The molecule has 1 fully saturated rings. The van der Waals surface area contributed by atoms with Crippen LogP contribution in [0, 0.1) is 0 Å². The van der Waals surface area contributed by atoms with Gasteiger partial charge in [0.05, 0.1) is 24.6 Å². The molecule has 0 aliphatic carbocycles. The zero-order valence-electron chi connectivity index (χ0n) is 18.0. The Morgan fingerprint density at radius 3 is 2.64 bits per heavy atom. The number of hydrogen-bond donors (Lipinski definition) is 2. The van der Waals surface area contributed by atoms with Crippen LogP contribution in [0.2, 0.25) is 0 Å². The summed E-state index contributed by atoms with van der Waals surface area (Å²) in [7, 11) is 0. The van der Waals surface area contributed by atoms with E-state index in [0.29, 0.717) is 41.1 Å². The second kappa shape index (κ2) is 9.51. The molecular weight excluding hydrogens is 436 g/mol. The van der Waals surface area contributed by atoms with E-state index in [9.17, 15) is 4.79 Å². The molecule has 5 rings (SSSR count). The number of aromatic nitrogens is 3. The van der Waals surface area contributed by atoms with E-state index < -0.39 is 0 Å². The number of anilines is 3. The Bertz CT molecular complexity index is 1270. The molecule has 9 heteroatoms. The average molecular weight is 461 g/mol. The normalized spacial score (nSPS) is 13.9. The zero-order chi connectivity index (χ0) is 22.6. The predicted octanol–water partition coefficient (Wildman–Crippen LogP) is 3.69. The van der Waals surface area contributed by atoms with Crippen molar-refractivity contribution in [1.29, 1.82) is 0 Å². The van der Waals surface area contributed by atoms with Crippen LogP contribution < -0.4 is 16.0 Å². The number of thioether (sulfide) groups is 1. The smallest absolute Gasteiger partial charge is 0.255 e. The number of hydrogen-bond acceptors (Lipinski definition) is 7. The number of benzene rings is 2. The highest BCUT2D eigenvalue weighted by atomic mass is 32.2. The quantitative estimate of drug-likeness (QED) is 0.334. The number of carbonyl (C=O) groups is 1. The van der Waals surface area contributed by atoms with Crippen molar-refractivity contribution >= 4 is 40.4 Å². The van der Waals surface area contributed by atoms with Gasteiger partial charge in [-0.25, -0.2) is 9.50 Å². The molecule has 0 radical (unpaired) electrons. The van der Waals surface area contributed by atoms with E-state index >= 15 is 0 Å². The maximum atomic E-state index is 12.5. The fourth-order valence-electron chi connectivity index (χ4n) is 3.67. The fourth-order valence-corrected chi connectivity index (χ4v) is 4.46. The number of morpholine rings is 1. The Hall–Kier alpha value is -3.56. The van der Waals surface area contributed by atoms with Crippen LogP contribution in [0.25, 0.3) is 5.52 Å². The lowest BCUT2D eigenvalue weighted by atomic mass is 10.1. The number of amides is 1. The van der Waals surface area contributed by atoms with Crippen molar-refractivity contribution in [3.05, 3.63) is 78.0 Å². The molecule has 1 aliphatic heterocycles. The van der Waals surface area contributed by atoms with E-state index in [1.807, 2.05) is 59.2 Å². The molecular formula is C24H24N6O2S. The van der Waals surface area contributed by atoms with Crippen LogP contribution in [-0.2, 0) is 10.5 Å². The molecule has 0 saturated carbocycles. The Balaban J connectivity index is 1.27. The number of fused-ring (bicyclic) bond motifs is 1. The van der Waals surface area contributed by atoms with Gasteiger partial charge in [0.2, 0.25) is 5.16 Å². The van der Waals surface area contributed by atoms with Crippen LogP contribution in [-0.4, -0.2) is 46.8 Å². The third kappa shape index (κ3) is 4.79. The first kappa shape index (κ1) is 21.3. The monoisotopic (exact) mass is 460 g/mol. The SMILES string of the molecule is Nc1ccccc1NC(=O)c1ccc(CSc2nc(N3CCOCC3)c3cccn3n2)cc1. The largest absolute Gasteiger partial charge is 0.397 e. The second-order valence-electron chi connectivity index (χ2n) is 7.68. The predicted molar refractivity (Wildman–Crippen MR) is 131 cm³/mol. The Kier molecular flexibility index (Phi) is 6.14. The van der Waals surface area contributed by atoms with Gasteiger partial charge >= 0.3 is 0 Å². The number of carbonyl (C=O) groups excluding carboxylic acids is 1. The first-order chi connectivity index (χ1) is 16.2. The molecule has 1 aliphatic rings. The van der Waals surface area contributed by atoms with Crippen molar-refractivity contribution in [2.45, 2.75) is 10.9 Å². The topological polar surface area (TPSA) is 97.8 Å². The third-order valence-corrected chi connectivity index (χ3v) is 6.36. The van der Waals surface area contributed by atoms with Gasteiger partial charge in [0, 0.05) is 30.6 Å². The molecule has 2 aromatic carbocycles. The minimum atomic E-state index is -0.191. The first-order valence-electron chi connectivity index (χ1n) is 10.7. The summed E-state index contributed by atoms with van der Waals surface area (Å²) in [6.07, 6.45) is 1.94. The van der Waals surface area contributed by atoms with Crippen LogP contribution >= 0.6 is 11.8 Å². The molecule has 2 aromatic heterocycles. The van der Waals surface area contributed by atoms with Crippen LogP contribution in [0.15, 0.2) is 72.0 Å². The lowest BCUT2D eigenvalue weighted by Gasteiger charge is -2.28. The number of ether oxygens (including phenoxy) is 1. The van der Waals surface area contributed by atoms with Gasteiger partial charge in [-0.1, -0.05) is 36.0 Å². The molecule has 0 unspecified atom stereocenters. The highest BCUT2D eigenvalue weighted by Crippen LogP contribution is 2.26. The summed E-state index contributed by atoms with van der Waals surface area (Å²) in [6.45, 7) is 3.05. The van der Waals surface area contributed by atoms with Gasteiger partial charge in [-0.2, -0.15) is 0 Å². The Morgan fingerprint density at radius 1 is 1.06 bits per heavy atom. The van der Waals surface area contributed by atoms with E-state index in [-0.39, 0.29) is 5.91 Å². The number of nitrogen functional groups attached to an aromatic ring is 1. The standard InChI is InChI=1S/C24H24N6O2S/c25-19-4-1-2-5-20(19)26-23(31)18-9-7-17(8-10-18)16-33-24-27-22(29-12-14-32-15-13-29)21-6-3-11-30(21)28-24/h1-11H,12-16,25H2,(H,26,31). The number of para-hydroxylation sites is 2. The van der Waals surface area contributed by atoms with E-state index in [4.69, 9.17) is 15.5 Å². The molecule has 3 N–H and O–H groups in total. The minimum Gasteiger partial charge on any atom is -0.397 e. The molecule has 0 spiro atoms. The molecule has 0 atom stereocenters. The maximum absolute atomic E-state index is 12.5. The van der Waals surface area contributed by atoms with Gasteiger partial charge in [0.15, 0.2) is 5.82 Å². The van der Waals surface area contributed by atoms with Gasteiger partial charge < -0.3 is 20.7 Å². The van der Waals surface area contributed by atoms with Gasteiger partial charge in [-0.05, 0) is 42.0 Å². The van der Waals surface area contributed by atoms with Crippen molar-refractivity contribution in [3.63, 3.8) is 0 Å². The minimum absolute atomic E-state index is 0.191. The van der Waals surface area contributed by atoms with Gasteiger partial charge in [0.25, 0.3) is 5.91 Å². The average Bonchev–Trinajstić information content (AvgIpc) is 3.33. The highest BCUT2D eigenvalue weighted by molar-refractivity contribution is 7.98. The molecule has 1 saturated heterocycles. The van der Waals surface area contributed by atoms with Crippen LogP contribution in [0.1, 0.15) is 15.9 Å². The van der Waals surface area contributed by atoms with E-state index in [0.717, 1.165) is 30.0 Å². The Labute approximate surface area is 195 Å². The van der Waals surface area contributed by atoms with Crippen LogP contribution in [0.3, 0.4) is 0 Å². The summed E-state index contributed by atoms with van der Waals surface area (Å²) in [5.41, 5.74) is 9.71. The molecule has 0 bridgehead atoms. The van der Waals surface area contributed by atoms with Crippen molar-refractivity contribution in [3.8, 4) is 0 Å². The van der Waals surface area contributed by atoms with Crippen LogP contribution in [0.4, 0.5) is 17.2 Å². The first-order valence-corrected chi connectivity index (χ1v) is 11.7. The van der Waals surface area contributed by atoms with Gasteiger partial charge in [-0.3, -0.25) is 4.79 Å². The lowest BCUT2D eigenvalue weighted by molar-refractivity contribution is 0.102. The number of nitrogens with one attached hydrogen (secondary N) is 1. The van der Waals surface area contributed by atoms with Crippen molar-refractivity contribution in [1.82, 2.24) is 14.6 Å². The number of nitrogens with two attached hydrogens (primary N) is 1. The third-order valence-electron chi connectivity index (χ3n) is 5.46. The summed E-state index contributed by atoms with van der Waals surface area (Å²) >= 11 is 1.57. The molecule has 8 nitrogen and oxygen atoms in total. The summed E-state index contributed by atoms with van der Waals surface area (Å²) < 4.78 is 7.36. The second-order valence-corrected chi connectivity index (χ2v) is 8.62. The van der Waals surface area contributed by atoms with Crippen molar-refractivity contribution in [2.24, 2.45) is 0 Å². The molecule has 168 valence electrons. The summed E-state index contributed by atoms with van der Waals surface area (Å²) in [4.78, 5) is 19.6. The van der Waals surface area contributed by atoms with Crippen molar-refractivity contribution < 1.29 is 9.53 Å². The molecule has 33 heavy (non-hydrogen) atoms. The fraction of sp³-hybridized carbons (Fsp3) is 0.208. The number of rotatable bonds is 6. The Morgan fingerprint density at radius 2 is 1.85 bits per heavy atom. The number of nitrogens with zero attached hydrogens (tertiary/aromatic N) is 4. The van der Waals surface area contributed by atoms with Gasteiger partial charge in [0.1, 0.15) is 5.52 Å². The maximum Gasteiger partial charge on any atom is 0.255 e. The molecule has 1 amide bonds. The zero-order valence-corrected chi connectivity index (χ0v) is 18.8. The van der Waals surface area contributed by atoms with E-state index in [1.165, 1.54) is 0 Å². The van der Waals surface area contributed by atoms with Gasteiger partial charge in [-0.15, -0.1) is 5.10 Å². The van der Waals surface area contributed by atoms with Crippen LogP contribution in [0.5, 0.6) is 0 Å². The van der Waals surface area contributed by atoms with E-state index in [2.05, 4.69) is 15.3 Å². The summed E-state index contributed by atoms with van der Waals surface area (Å²) in [6, 6.07) is 18.8. The summed E-state index contributed by atoms with van der Waals surface area (Å²) in [5.74, 6) is 1.44. The lowest BCUT2D eigenvalue weighted by Crippen LogP contribution is -2.37.